The van der Waals surface area contributed by atoms with E-state index in [2.05, 4.69) is 5.32 Å². The molecule has 0 aromatic heterocycles. The number of hydrogen-bond acceptors (Lipinski definition) is 6. The first-order valence-corrected chi connectivity index (χ1v) is 5.79. The van der Waals surface area contributed by atoms with Crippen LogP contribution in [0, 0.1) is 17.0 Å². The zero-order valence-electron chi connectivity index (χ0n) is 10.9. The van der Waals surface area contributed by atoms with Gasteiger partial charge in [-0.15, -0.1) is 0 Å². The van der Waals surface area contributed by atoms with Crippen LogP contribution in [0.15, 0.2) is 18.2 Å². The van der Waals surface area contributed by atoms with Crippen molar-refractivity contribution in [2.45, 2.75) is 12.5 Å². The molecule has 0 fully saturated rings. The van der Waals surface area contributed by atoms with Gasteiger partial charge >= 0.3 is 0 Å². The van der Waals surface area contributed by atoms with Crippen LogP contribution in [0.1, 0.15) is 15.9 Å². The van der Waals surface area contributed by atoms with Gasteiger partial charge < -0.3 is 20.6 Å². The van der Waals surface area contributed by atoms with Gasteiger partial charge in [-0.3, -0.25) is 14.9 Å². The molecule has 0 unspecified atom stereocenters. The molecule has 0 aliphatic heterocycles. The Bertz CT molecular complexity index is 504. The summed E-state index contributed by atoms with van der Waals surface area (Å²) in [5.74, 6) is -0.849. The Morgan fingerprint density at radius 2 is 1.85 bits per heavy atom. The fourth-order valence-electron chi connectivity index (χ4n) is 1.57. The van der Waals surface area contributed by atoms with Gasteiger partial charge in [-0.05, 0) is 18.6 Å². The summed E-state index contributed by atoms with van der Waals surface area (Å²) in [6.45, 7) is -0.444. The standard InChI is InChI=1S/C12H16N2O6/c1-8-2-3-10(14(19)20)9(4-8)11(18)13-12(5-15,6-16)7-17/h2-4,15-17H,5-7H2,1H3,(H,13,18). The summed E-state index contributed by atoms with van der Waals surface area (Å²) in [6.07, 6.45) is 0. The van der Waals surface area contributed by atoms with E-state index in [1.165, 1.54) is 18.2 Å². The van der Waals surface area contributed by atoms with E-state index in [0.29, 0.717) is 5.56 Å². The maximum absolute atomic E-state index is 12.1. The molecule has 1 aromatic rings. The van der Waals surface area contributed by atoms with Gasteiger partial charge in [0.15, 0.2) is 0 Å². The van der Waals surface area contributed by atoms with Crippen LogP contribution in [0.4, 0.5) is 5.69 Å². The molecule has 1 aromatic carbocycles. The smallest absolute Gasteiger partial charge is 0.282 e. The van der Waals surface area contributed by atoms with Gasteiger partial charge in [0.25, 0.3) is 11.6 Å². The van der Waals surface area contributed by atoms with E-state index in [9.17, 15) is 14.9 Å². The van der Waals surface area contributed by atoms with Crippen molar-refractivity contribution in [1.29, 1.82) is 0 Å². The second kappa shape index (κ2) is 6.42. The number of carbonyl (C=O) groups excluding carboxylic acids is 1. The zero-order valence-corrected chi connectivity index (χ0v) is 10.9. The van der Waals surface area contributed by atoms with Crippen LogP contribution in [0.3, 0.4) is 0 Å². The molecule has 20 heavy (non-hydrogen) atoms. The normalized spacial score (nSPS) is 11.2. The van der Waals surface area contributed by atoms with Gasteiger partial charge in [-0.1, -0.05) is 6.07 Å². The van der Waals surface area contributed by atoms with Crippen LogP contribution in [-0.4, -0.2) is 51.5 Å². The van der Waals surface area contributed by atoms with E-state index in [4.69, 9.17) is 15.3 Å². The van der Waals surface area contributed by atoms with E-state index in [1.54, 1.807) is 6.92 Å². The van der Waals surface area contributed by atoms with Crippen LogP contribution in [0.25, 0.3) is 0 Å². The summed E-state index contributed by atoms with van der Waals surface area (Å²) in [4.78, 5) is 22.3. The molecular weight excluding hydrogens is 268 g/mol. The fourth-order valence-corrected chi connectivity index (χ4v) is 1.57. The van der Waals surface area contributed by atoms with E-state index in [0.717, 1.165) is 0 Å². The Hall–Kier alpha value is -2.03. The average Bonchev–Trinajstić information content (AvgIpc) is 2.44. The predicted molar refractivity (Wildman–Crippen MR) is 69.3 cm³/mol. The number of aryl methyl sites for hydroxylation is 1. The Kier molecular flexibility index (Phi) is 5.14. The number of rotatable bonds is 6. The van der Waals surface area contributed by atoms with Gasteiger partial charge in [0.1, 0.15) is 11.1 Å². The van der Waals surface area contributed by atoms with Crippen molar-refractivity contribution in [2.24, 2.45) is 0 Å². The van der Waals surface area contributed by atoms with Crippen molar-refractivity contribution in [2.75, 3.05) is 19.8 Å². The summed E-state index contributed by atoms with van der Waals surface area (Å²) in [6, 6.07) is 4.01. The third-order valence-corrected chi connectivity index (χ3v) is 2.88. The van der Waals surface area contributed by atoms with Crippen molar-refractivity contribution in [1.82, 2.24) is 5.32 Å². The van der Waals surface area contributed by atoms with Gasteiger partial charge in [0.2, 0.25) is 0 Å². The largest absolute Gasteiger partial charge is 0.394 e. The second-order valence-electron chi connectivity index (χ2n) is 4.49. The number of amides is 1. The molecule has 4 N–H and O–H groups in total. The van der Waals surface area contributed by atoms with Crippen molar-refractivity contribution in [3.05, 3.63) is 39.4 Å². The molecule has 0 saturated carbocycles. The van der Waals surface area contributed by atoms with Gasteiger partial charge in [0.05, 0.1) is 24.7 Å². The third-order valence-electron chi connectivity index (χ3n) is 2.88. The molecule has 110 valence electrons. The lowest BCUT2D eigenvalue weighted by Gasteiger charge is -2.28. The Labute approximate surface area is 114 Å². The SMILES string of the molecule is Cc1ccc([N+](=O)[O-])c(C(=O)NC(CO)(CO)CO)c1. The summed E-state index contributed by atoms with van der Waals surface area (Å²) in [7, 11) is 0. The van der Waals surface area contributed by atoms with Gasteiger partial charge in [-0.2, -0.15) is 0 Å². The molecule has 0 aliphatic carbocycles. The number of carbonyl (C=O) groups is 1. The number of nitro benzene ring substituents is 1. The lowest BCUT2D eigenvalue weighted by Crippen LogP contribution is -2.57. The lowest BCUT2D eigenvalue weighted by molar-refractivity contribution is -0.385. The van der Waals surface area contributed by atoms with Crippen LogP contribution < -0.4 is 5.32 Å². The lowest BCUT2D eigenvalue weighted by atomic mass is 10.0. The highest BCUT2D eigenvalue weighted by atomic mass is 16.6. The summed E-state index contributed by atoms with van der Waals surface area (Å²) >= 11 is 0. The van der Waals surface area contributed by atoms with E-state index in [1.807, 2.05) is 0 Å². The zero-order chi connectivity index (χ0) is 15.3. The molecule has 0 spiro atoms. The van der Waals surface area contributed by atoms with Crippen molar-refractivity contribution < 1.29 is 25.0 Å². The summed E-state index contributed by atoms with van der Waals surface area (Å²) < 4.78 is 0. The molecule has 0 bridgehead atoms. The number of aliphatic hydroxyl groups is 3. The molecule has 1 rings (SSSR count). The number of nitrogens with one attached hydrogen (secondary N) is 1. The number of hydrogen-bond donors (Lipinski definition) is 4. The first kappa shape index (κ1) is 16.0. The Morgan fingerprint density at radius 3 is 2.30 bits per heavy atom. The molecule has 0 aliphatic rings. The maximum atomic E-state index is 12.1. The van der Waals surface area contributed by atoms with E-state index < -0.39 is 41.9 Å². The van der Waals surface area contributed by atoms with Crippen LogP contribution in [-0.2, 0) is 0 Å². The Balaban J connectivity index is 3.15. The highest BCUT2D eigenvalue weighted by molar-refractivity contribution is 5.98. The molecule has 8 nitrogen and oxygen atoms in total. The number of benzene rings is 1. The van der Waals surface area contributed by atoms with Crippen molar-refractivity contribution in [3.8, 4) is 0 Å². The minimum Gasteiger partial charge on any atom is -0.394 e. The highest BCUT2D eigenvalue weighted by Gasteiger charge is 2.32. The molecular formula is C12H16N2O6. The van der Waals surface area contributed by atoms with Crippen molar-refractivity contribution in [3.63, 3.8) is 0 Å². The topological polar surface area (TPSA) is 133 Å². The van der Waals surface area contributed by atoms with Crippen LogP contribution >= 0.6 is 0 Å². The van der Waals surface area contributed by atoms with Gasteiger partial charge in [0, 0.05) is 6.07 Å². The van der Waals surface area contributed by atoms with Gasteiger partial charge in [-0.25, -0.2) is 0 Å². The van der Waals surface area contributed by atoms with E-state index >= 15 is 0 Å². The summed E-state index contributed by atoms with van der Waals surface area (Å²) in [5, 5.41) is 40.5. The van der Waals surface area contributed by atoms with Crippen molar-refractivity contribution >= 4 is 11.6 Å². The summed E-state index contributed by atoms with van der Waals surface area (Å²) in [5.41, 5.74) is -1.58. The molecule has 8 heteroatoms. The maximum Gasteiger partial charge on any atom is 0.282 e. The second-order valence-corrected chi connectivity index (χ2v) is 4.49. The monoisotopic (exact) mass is 284 g/mol. The minimum atomic E-state index is -1.63. The fraction of sp³-hybridized carbons (Fsp3) is 0.417. The first-order chi connectivity index (χ1) is 9.39. The number of nitro groups is 1. The van der Waals surface area contributed by atoms with Crippen LogP contribution in [0.2, 0.25) is 0 Å². The molecule has 0 saturated heterocycles. The highest BCUT2D eigenvalue weighted by Crippen LogP contribution is 2.20. The predicted octanol–water partition coefficient (Wildman–Crippen LogP) is -0.651. The van der Waals surface area contributed by atoms with Crippen LogP contribution in [0.5, 0.6) is 0 Å². The molecule has 1 amide bonds. The third kappa shape index (κ3) is 3.29. The first-order valence-electron chi connectivity index (χ1n) is 5.79. The number of nitrogens with zero attached hydrogens (tertiary/aromatic N) is 1. The van der Waals surface area contributed by atoms with E-state index in [-0.39, 0.29) is 5.56 Å². The average molecular weight is 284 g/mol. The minimum absolute atomic E-state index is 0.199. The number of aliphatic hydroxyl groups excluding tert-OH is 3. The molecule has 0 atom stereocenters. The molecule has 0 heterocycles. The quantitative estimate of drug-likeness (QED) is 0.405. The molecule has 0 radical (unpaired) electrons. The Morgan fingerprint density at radius 1 is 1.30 bits per heavy atom.